The molecular weight excluding hydrogens is 214 g/mol. The second-order valence-electron chi connectivity index (χ2n) is 4.25. The van der Waals surface area contributed by atoms with Gasteiger partial charge in [0.1, 0.15) is 11.6 Å². The van der Waals surface area contributed by atoms with Crippen molar-refractivity contribution >= 4 is 22.6 Å². The molecule has 3 rings (SSSR count). The summed E-state index contributed by atoms with van der Waals surface area (Å²) < 4.78 is 0. The van der Waals surface area contributed by atoms with Gasteiger partial charge >= 0.3 is 0 Å². The van der Waals surface area contributed by atoms with Crippen molar-refractivity contribution in [1.29, 1.82) is 0 Å². The van der Waals surface area contributed by atoms with Crippen molar-refractivity contribution in [2.24, 2.45) is 0 Å². The van der Waals surface area contributed by atoms with E-state index < -0.39 is 0 Å². The first-order valence-corrected chi connectivity index (χ1v) is 5.81. The zero-order valence-electron chi connectivity index (χ0n) is 9.47. The highest BCUT2D eigenvalue weighted by molar-refractivity contribution is 5.81. The fourth-order valence-electron chi connectivity index (χ4n) is 2.10. The molecule has 0 spiro atoms. The lowest BCUT2D eigenvalue weighted by Crippen LogP contribution is -2.34. The first-order chi connectivity index (χ1) is 8.33. The van der Waals surface area contributed by atoms with E-state index in [4.69, 9.17) is 0 Å². The Bertz CT molecular complexity index is 557. The van der Waals surface area contributed by atoms with Crippen molar-refractivity contribution in [3.05, 3.63) is 30.5 Å². The minimum absolute atomic E-state index is 0.347. The first kappa shape index (κ1) is 10.2. The molecule has 4 nitrogen and oxygen atoms in total. The predicted molar refractivity (Wildman–Crippen MR) is 66.0 cm³/mol. The Balaban J connectivity index is 1.92. The van der Waals surface area contributed by atoms with Crippen LogP contribution in [0.5, 0.6) is 0 Å². The third-order valence-electron chi connectivity index (χ3n) is 3.09. The summed E-state index contributed by atoms with van der Waals surface area (Å²) in [6.07, 6.45) is 3.00. The molecule has 0 atom stereocenters. The average Bonchev–Trinajstić information content (AvgIpc) is 2.39. The molecule has 0 unspecified atom stereocenters. The zero-order valence-corrected chi connectivity index (χ0v) is 9.47. The molecule has 86 valence electrons. The van der Waals surface area contributed by atoms with Gasteiger partial charge in [-0.1, -0.05) is 0 Å². The number of Topliss-reactive ketones (excluding diaryl/α,β-unsaturated/α-hetero) is 1. The van der Waals surface area contributed by atoms with Crippen LogP contribution in [0.1, 0.15) is 12.8 Å². The number of fused-ring (bicyclic) bond motifs is 1. The van der Waals surface area contributed by atoms with E-state index in [-0.39, 0.29) is 0 Å². The van der Waals surface area contributed by atoms with Crippen LogP contribution in [0.4, 0.5) is 5.82 Å². The van der Waals surface area contributed by atoms with E-state index in [0.717, 1.165) is 29.9 Å². The smallest absolute Gasteiger partial charge is 0.161 e. The molecule has 3 heterocycles. The Morgan fingerprint density at radius 1 is 1.12 bits per heavy atom. The Kier molecular flexibility index (Phi) is 2.48. The molecule has 17 heavy (non-hydrogen) atoms. The van der Waals surface area contributed by atoms with Gasteiger partial charge < -0.3 is 4.90 Å². The van der Waals surface area contributed by atoms with Crippen LogP contribution in [0.3, 0.4) is 0 Å². The highest BCUT2D eigenvalue weighted by atomic mass is 16.1. The molecule has 2 aromatic rings. The molecule has 4 heteroatoms. The number of carbonyl (C=O) groups is 1. The lowest BCUT2D eigenvalue weighted by atomic mass is 10.1. The largest absolute Gasteiger partial charge is 0.356 e. The molecule has 0 bridgehead atoms. The highest BCUT2D eigenvalue weighted by Crippen LogP contribution is 2.19. The molecule has 0 saturated carbocycles. The van der Waals surface area contributed by atoms with Crippen molar-refractivity contribution in [3.8, 4) is 0 Å². The van der Waals surface area contributed by atoms with Crippen molar-refractivity contribution in [1.82, 2.24) is 9.97 Å². The summed E-state index contributed by atoms with van der Waals surface area (Å²) >= 11 is 0. The predicted octanol–water partition coefficient (Wildman–Crippen LogP) is 1.80. The molecule has 0 radical (unpaired) electrons. The van der Waals surface area contributed by atoms with Gasteiger partial charge in [-0.05, 0) is 24.3 Å². The third-order valence-corrected chi connectivity index (χ3v) is 3.09. The van der Waals surface area contributed by atoms with Gasteiger partial charge in [-0.2, -0.15) is 0 Å². The summed E-state index contributed by atoms with van der Waals surface area (Å²) in [5, 5.41) is 1.05. The Morgan fingerprint density at radius 2 is 1.94 bits per heavy atom. The van der Waals surface area contributed by atoms with Crippen LogP contribution >= 0.6 is 0 Å². The van der Waals surface area contributed by atoms with Gasteiger partial charge in [-0.15, -0.1) is 0 Å². The van der Waals surface area contributed by atoms with Crippen molar-refractivity contribution in [3.63, 3.8) is 0 Å². The Labute approximate surface area is 99.3 Å². The number of carbonyl (C=O) groups excluding carboxylic acids is 1. The van der Waals surface area contributed by atoms with Crippen LogP contribution in [0.15, 0.2) is 30.5 Å². The number of nitrogens with zero attached hydrogens (tertiary/aromatic N) is 3. The number of anilines is 1. The quantitative estimate of drug-likeness (QED) is 0.745. The SMILES string of the molecule is O=C1CCN(c2ccc3cccnc3n2)CC1. The number of ketones is 1. The molecule has 0 aromatic carbocycles. The van der Waals surface area contributed by atoms with Gasteiger partial charge in [0, 0.05) is 37.5 Å². The fourth-order valence-corrected chi connectivity index (χ4v) is 2.10. The fraction of sp³-hybridized carbons (Fsp3) is 0.308. The third kappa shape index (κ3) is 1.98. The number of pyridine rings is 2. The second kappa shape index (κ2) is 4.13. The number of hydrogen-bond acceptors (Lipinski definition) is 4. The summed E-state index contributed by atoms with van der Waals surface area (Å²) in [5.41, 5.74) is 0.766. The molecule has 1 aliphatic heterocycles. The highest BCUT2D eigenvalue weighted by Gasteiger charge is 2.17. The van der Waals surface area contributed by atoms with E-state index >= 15 is 0 Å². The van der Waals surface area contributed by atoms with E-state index in [2.05, 4.69) is 14.9 Å². The number of piperidine rings is 1. The average molecular weight is 227 g/mol. The molecule has 1 saturated heterocycles. The van der Waals surface area contributed by atoms with Gasteiger partial charge in [0.25, 0.3) is 0 Å². The van der Waals surface area contributed by atoms with E-state index in [1.807, 2.05) is 24.3 Å². The maximum atomic E-state index is 11.2. The molecule has 1 aliphatic rings. The van der Waals surface area contributed by atoms with Crippen LogP contribution in [0.2, 0.25) is 0 Å². The van der Waals surface area contributed by atoms with Gasteiger partial charge in [0.05, 0.1) is 0 Å². The summed E-state index contributed by atoms with van der Waals surface area (Å²) in [4.78, 5) is 22.1. The van der Waals surface area contributed by atoms with E-state index in [0.29, 0.717) is 18.6 Å². The first-order valence-electron chi connectivity index (χ1n) is 5.81. The van der Waals surface area contributed by atoms with Crippen LogP contribution in [0, 0.1) is 0 Å². The maximum absolute atomic E-state index is 11.2. The minimum Gasteiger partial charge on any atom is -0.356 e. The number of hydrogen-bond donors (Lipinski definition) is 0. The molecule has 1 fully saturated rings. The standard InChI is InChI=1S/C13H13N3O/c17-11-5-8-16(9-6-11)12-4-3-10-2-1-7-14-13(10)15-12/h1-4,7H,5-6,8-9H2. The van der Waals surface area contributed by atoms with Crippen molar-refractivity contribution in [2.75, 3.05) is 18.0 Å². The lowest BCUT2D eigenvalue weighted by molar-refractivity contribution is -0.119. The zero-order chi connectivity index (χ0) is 11.7. The normalized spacial score (nSPS) is 16.5. The van der Waals surface area contributed by atoms with Gasteiger partial charge in [-0.25, -0.2) is 9.97 Å². The maximum Gasteiger partial charge on any atom is 0.161 e. The summed E-state index contributed by atoms with van der Waals surface area (Å²) in [6, 6.07) is 7.93. The van der Waals surface area contributed by atoms with Crippen LogP contribution in [0.25, 0.3) is 11.0 Å². The van der Waals surface area contributed by atoms with Crippen LogP contribution < -0.4 is 4.90 Å². The topological polar surface area (TPSA) is 46.1 Å². The number of rotatable bonds is 1. The molecule has 2 aromatic heterocycles. The van der Waals surface area contributed by atoms with Gasteiger partial charge in [0.2, 0.25) is 0 Å². The molecule has 0 N–H and O–H groups in total. The summed E-state index contributed by atoms with van der Waals surface area (Å²) in [7, 11) is 0. The van der Waals surface area contributed by atoms with Gasteiger partial charge in [0.15, 0.2) is 5.65 Å². The Hall–Kier alpha value is -1.97. The number of aromatic nitrogens is 2. The van der Waals surface area contributed by atoms with E-state index in [9.17, 15) is 4.79 Å². The lowest BCUT2D eigenvalue weighted by Gasteiger charge is -2.26. The summed E-state index contributed by atoms with van der Waals surface area (Å²) in [5.74, 6) is 1.27. The van der Waals surface area contributed by atoms with E-state index in [1.165, 1.54) is 0 Å². The van der Waals surface area contributed by atoms with E-state index in [1.54, 1.807) is 6.20 Å². The van der Waals surface area contributed by atoms with Crippen molar-refractivity contribution in [2.45, 2.75) is 12.8 Å². The monoisotopic (exact) mass is 227 g/mol. The second-order valence-corrected chi connectivity index (χ2v) is 4.25. The van der Waals surface area contributed by atoms with Crippen molar-refractivity contribution < 1.29 is 4.79 Å². The molecule has 0 aliphatic carbocycles. The van der Waals surface area contributed by atoms with Crippen LogP contribution in [-0.4, -0.2) is 28.8 Å². The van der Waals surface area contributed by atoms with Gasteiger partial charge in [-0.3, -0.25) is 4.79 Å². The molecular formula is C13H13N3O. The Morgan fingerprint density at radius 3 is 2.76 bits per heavy atom. The van der Waals surface area contributed by atoms with Crippen LogP contribution in [-0.2, 0) is 4.79 Å². The summed E-state index contributed by atoms with van der Waals surface area (Å²) in [6.45, 7) is 1.54. The minimum atomic E-state index is 0.347. The molecule has 0 amide bonds.